The van der Waals surface area contributed by atoms with Crippen molar-refractivity contribution in [2.45, 2.75) is 0 Å². The lowest BCUT2D eigenvalue weighted by atomic mass is 10.5. The van der Waals surface area contributed by atoms with Gasteiger partial charge in [-0.1, -0.05) is 0 Å². The zero-order chi connectivity index (χ0) is 11.5. The van der Waals surface area contributed by atoms with Crippen LogP contribution in [0.4, 0.5) is 0 Å². The molecule has 8 nitrogen and oxygen atoms in total. The Bertz CT molecular complexity index is 441. The van der Waals surface area contributed by atoms with Gasteiger partial charge in [0, 0.05) is 0 Å². The summed E-state index contributed by atoms with van der Waals surface area (Å²) in [5.41, 5.74) is -4.08. The van der Waals surface area contributed by atoms with E-state index in [1.54, 1.807) is 0 Å². The third-order valence-corrected chi connectivity index (χ3v) is 1.07. The van der Waals surface area contributed by atoms with Crippen molar-refractivity contribution in [2.75, 3.05) is 0 Å². The molecule has 14 heavy (non-hydrogen) atoms. The molecule has 78 valence electrons. The predicted octanol–water partition coefficient (Wildman–Crippen LogP) is -2.95. The van der Waals surface area contributed by atoms with E-state index in [0.717, 1.165) is 0 Å². The van der Waals surface area contributed by atoms with Gasteiger partial charge in [-0.3, -0.25) is 18.6 Å². The Kier molecular flexibility index (Phi) is 4.08. The summed E-state index contributed by atoms with van der Waals surface area (Å²) in [5, 5.41) is 16.9. The lowest BCUT2D eigenvalue weighted by Gasteiger charge is -2.03. The van der Waals surface area contributed by atoms with Gasteiger partial charge in [-0.15, -0.1) is 11.4 Å². The quantitative estimate of drug-likeness (QED) is 0.348. The van der Waals surface area contributed by atoms with E-state index >= 15 is 0 Å². The molecule has 0 spiro atoms. The van der Waals surface area contributed by atoms with Gasteiger partial charge in [0.2, 0.25) is 11.5 Å². The molecule has 0 aliphatic rings. The van der Waals surface area contributed by atoms with Gasteiger partial charge in [-0.2, -0.15) is 0 Å². The first kappa shape index (κ1) is 12.4. The van der Waals surface area contributed by atoms with Crippen LogP contribution in [0.5, 0.6) is 11.5 Å². The van der Waals surface area contributed by atoms with E-state index in [1.807, 2.05) is 0 Å². The largest absolute Gasteiger partial charge is 0.784 e. The fraction of sp³-hybridized carbons (Fsp3) is 0. The molecular formula is C5H2O8S-2. The fourth-order valence-corrected chi connectivity index (χ4v) is 0.533. The summed E-state index contributed by atoms with van der Waals surface area (Å²) >= 11 is -3.11. The monoisotopic (exact) mass is 222 g/mol. The molecule has 1 aromatic rings. The van der Waals surface area contributed by atoms with E-state index in [4.69, 9.17) is 23.5 Å². The normalized spacial score (nSPS) is 9.64. The lowest BCUT2D eigenvalue weighted by Crippen LogP contribution is -2.29. The van der Waals surface area contributed by atoms with Gasteiger partial charge in [0.25, 0.3) is 16.3 Å². The molecule has 0 unspecified atom stereocenters. The SMILES string of the molecule is O=S([O-])[O-].O=c1c(O)c(O)c(=O)c1=O. The van der Waals surface area contributed by atoms with Gasteiger partial charge < -0.3 is 19.3 Å². The van der Waals surface area contributed by atoms with E-state index in [1.165, 1.54) is 0 Å². The van der Waals surface area contributed by atoms with Crippen LogP contribution in [0.3, 0.4) is 0 Å². The molecule has 0 atom stereocenters. The Morgan fingerprint density at radius 2 is 1.07 bits per heavy atom. The summed E-state index contributed by atoms with van der Waals surface area (Å²) in [5.74, 6) is -2.31. The Labute approximate surface area is 77.9 Å². The smallest absolute Gasteiger partial charge is 0.280 e. The van der Waals surface area contributed by atoms with Crippen LogP contribution in [-0.4, -0.2) is 23.5 Å². The van der Waals surface area contributed by atoms with Gasteiger partial charge in [-0.25, -0.2) is 0 Å². The van der Waals surface area contributed by atoms with Crippen molar-refractivity contribution in [3.8, 4) is 11.5 Å². The minimum atomic E-state index is -3.11. The van der Waals surface area contributed by atoms with Crippen molar-refractivity contribution >= 4 is 11.4 Å². The second kappa shape index (κ2) is 4.60. The molecule has 0 radical (unpaired) electrons. The second-order valence-corrected chi connectivity index (χ2v) is 2.30. The van der Waals surface area contributed by atoms with E-state index in [-0.39, 0.29) is 0 Å². The van der Waals surface area contributed by atoms with Crippen molar-refractivity contribution in [3.63, 3.8) is 0 Å². The highest BCUT2D eigenvalue weighted by atomic mass is 32.2. The first-order valence-electron chi connectivity index (χ1n) is 2.81. The van der Waals surface area contributed by atoms with Gasteiger partial charge in [0.15, 0.2) is 0 Å². The molecule has 0 fully saturated rings. The molecule has 0 aromatic heterocycles. The van der Waals surface area contributed by atoms with Crippen molar-refractivity contribution in [1.29, 1.82) is 0 Å². The van der Waals surface area contributed by atoms with E-state index in [0.29, 0.717) is 0 Å². The second-order valence-electron chi connectivity index (χ2n) is 1.89. The number of hydrogen-bond acceptors (Lipinski definition) is 8. The zero-order valence-corrected chi connectivity index (χ0v) is 7.07. The van der Waals surface area contributed by atoms with Crippen LogP contribution < -0.4 is 16.3 Å². The number of hydrogen-bond donors (Lipinski definition) is 2. The van der Waals surface area contributed by atoms with Crippen LogP contribution >= 0.6 is 0 Å². The maximum atomic E-state index is 10.3. The maximum Gasteiger partial charge on any atom is 0.280 e. The molecule has 0 amide bonds. The Balaban J connectivity index is 0.000000364. The predicted molar refractivity (Wildman–Crippen MR) is 40.7 cm³/mol. The van der Waals surface area contributed by atoms with Gasteiger partial charge >= 0.3 is 0 Å². The molecule has 9 heteroatoms. The Morgan fingerprint density at radius 3 is 1.14 bits per heavy atom. The Hall–Kier alpha value is -1.58. The topological polar surface area (TPSA) is 155 Å². The summed E-state index contributed by atoms with van der Waals surface area (Å²) in [6, 6.07) is 0. The lowest BCUT2D eigenvalue weighted by molar-refractivity contribution is 0.402. The summed E-state index contributed by atoms with van der Waals surface area (Å²) < 4.78 is 25.3. The highest BCUT2D eigenvalue weighted by Gasteiger charge is 2.16. The standard InChI is InChI=1S/C5H2O5.H2O3S/c6-1-2(7)4(9)5(10)3(1)8;1-4(2)3/h6-7H;(H2,1,2,3)/p-2. The van der Waals surface area contributed by atoms with E-state index < -0.39 is 39.1 Å². The van der Waals surface area contributed by atoms with Crippen molar-refractivity contribution in [3.05, 3.63) is 30.7 Å². The highest BCUT2D eigenvalue weighted by Crippen LogP contribution is 2.09. The molecular weight excluding hydrogens is 220 g/mol. The molecule has 1 rings (SSSR count). The minimum Gasteiger partial charge on any atom is -0.784 e. The number of rotatable bonds is 0. The van der Waals surface area contributed by atoms with Crippen molar-refractivity contribution in [1.82, 2.24) is 0 Å². The van der Waals surface area contributed by atoms with Crippen LogP contribution in [0, 0.1) is 0 Å². The molecule has 1 aromatic carbocycles. The highest BCUT2D eigenvalue weighted by molar-refractivity contribution is 7.72. The maximum absolute atomic E-state index is 10.3. The van der Waals surface area contributed by atoms with Gasteiger partial charge in [0.1, 0.15) is 0 Å². The average Bonchev–Trinajstić information content (AvgIpc) is 2.23. The molecule has 0 bridgehead atoms. The summed E-state index contributed by atoms with van der Waals surface area (Å²) in [4.78, 5) is 30.8. The third-order valence-electron chi connectivity index (χ3n) is 1.07. The summed E-state index contributed by atoms with van der Waals surface area (Å²) in [6.45, 7) is 0. The summed E-state index contributed by atoms with van der Waals surface area (Å²) in [6.07, 6.45) is 0. The molecule has 2 N–H and O–H groups in total. The molecule has 0 heterocycles. The van der Waals surface area contributed by atoms with Crippen LogP contribution in [0.25, 0.3) is 0 Å². The van der Waals surface area contributed by atoms with E-state index in [9.17, 15) is 14.4 Å². The summed E-state index contributed by atoms with van der Waals surface area (Å²) in [7, 11) is 0. The first-order chi connectivity index (χ1) is 6.29. The minimum absolute atomic E-state index is 1.16. The molecule has 0 aliphatic heterocycles. The molecule has 0 saturated heterocycles. The third kappa shape index (κ3) is 2.73. The fourth-order valence-electron chi connectivity index (χ4n) is 0.533. The Morgan fingerprint density at radius 1 is 0.857 bits per heavy atom. The van der Waals surface area contributed by atoms with Crippen LogP contribution in [0.1, 0.15) is 0 Å². The van der Waals surface area contributed by atoms with E-state index in [2.05, 4.69) is 0 Å². The van der Waals surface area contributed by atoms with Crippen LogP contribution in [0.2, 0.25) is 0 Å². The van der Waals surface area contributed by atoms with Crippen LogP contribution in [-0.2, 0) is 11.4 Å². The first-order valence-corrected chi connectivity index (χ1v) is 3.81. The molecule has 0 aliphatic carbocycles. The van der Waals surface area contributed by atoms with Gasteiger partial charge in [-0.05, 0) is 0 Å². The van der Waals surface area contributed by atoms with Crippen molar-refractivity contribution < 1.29 is 23.5 Å². The van der Waals surface area contributed by atoms with Crippen LogP contribution in [0.15, 0.2) is 14.4 Å². The number of aromatic hydroxyl groups is 2. The zero-order valence-electron chi connectivity index (χ0n) is 6.25. The average molecular weight is 222 g/mol. The molecule has 0 saturated carbocycles. The van der Waals surface area contributed by atoms with Crippen molar-refractivity contribution in [2.24, 2.45) is 0 Å². The van der Waals surface area contributed by atoms with Gasteiger partial charge in [0.05, 0.1) is 0 Å².